The largest absolute Gasteiger partial charge is 0.296 e. The molecule has 0 unspecified atom stereocenters. The van der Waals surface area contributed by atoms with Crippen molar-refractivity contribution in [3.63, 3.8) is 0 Å². The molecule has 0 aromatic carbocycles. The second-order valence-electron chi connectivity index (χ2n) is 3.71. The molecule has 0 aliphatic heterocycles. The van der Waals surface area contributed by atoms with E-state index < -0.39 is 0 Å². The molecule has 0 saturated heterocycles. The fraction of sp³-hybridized carbons (Fsp3) is 0.500. The SMILES string of the molecule is Cn1nc(C2=CCCCC2)c(=O)[nH]c1=S. The second kappa shape index (κ2) is 4.10. The van der Waals surface area contributed by atoms with Gasteiger partial charge in [0, 0.05) is 7.05 Å². The van der Waals surface area contributed by atoms with E-state index in [1.54, 1.807) is 7.05 Å². The smallest absolute Gasteiger partial charge is 0.278 e. The van der Waals surface area contributed by atoms with Crippen LogP contribution >= 0.6 is 12.2 Å². The number of rotatable bonds is 1. The summed E-state index contributed by atoms with van der Waals surface area (Å²) in [4.78, 5) is 14.3. The summed E-state index contributed by atoms with van der Waals surface area (Å²) in [6.07, 6.45) is 6.41. The molecule has 1 heterocycles. The Kier molecular flexibility index (Phi) is 2.81. The van der Waals surface area contributed by atoms with E-state index in [1.165, 1.54) is 11.1 Å². The Hall–Kier alpha value is -1.23. The van der Waals surface area contributed by atoms with E-state index in [0.29, 0.717) is 10.5 Å². The third-order valence-corrected chi connectivity index (χ3v) is 2.94. The number of nitrogens with one attached hydrogen (secondary N) is 1. The van der Waals surface area contributed by atoms with Crippen LogP contribution < -0.4 is 5.56 Å². The van der Waals surface area contributed by atoms with E-state index in [2.05, 4.69) is 16.2 Å². The third kappa shape index (κ3) is 2.07. The Labute approximate surface area is 92.6 Å². The van der Waals surface area contributed by atoms with Gasteiger partial charge in [-0.3, -0.25) is 9.78 Å². The lowest BCUT2D eigenvalue weighted by Crippen LogP contribution is -2.20. The Bertz CT molecular complexity index is 512. The molecule has 80 valence electrons. The average Bonchev–Trinajstić information content (AvgIpc) is 2.25. The summed E-state index contributed by atoms with van der Waals surface area (Å²) in [7, 11) is 1.74. The molecular weight excluding hydrogens is 210 g/mol. The average molecular weight is 223 g/mol. The number of nitrogens with zero attached hydrogens (tertiary/aromatic N) is 2. The summed E-state index contributed by atoms with van der Waals surface area (Å²) in [5, 5.41) is 4.20. The van der Waals surface area contributed by atoms with Crippen LogP contribution in [-0.2, 0) is 7.05 Å². The number of hydrogen-bond donors (Lipinski definition) is 1. The predicted octanol–water partition coefficient (Wildman–Crippen LogP) is 1.80. The van der Waals surface area contributed by atoms with Crippen LogP contribution in [0.5, 0.6) is 0 Å². The Morgan fingerprint density at radius 3 is 3.00 bits per heavy atom. The zero-order valence-corrected chi connectivity index (χ0v) is 9.43. The maximum Gasteiger partial charge on any atom is 0.278 e. The summed E-state index contributed by atoms with van der Waals surface area (Å²) in [5.74, 6) is 0. The molecule has 0 amide bonds. The molecule has 0 saturated carbocycles. The number of aromatic amines is 1. The van der Waals surface area contributed by atoms with Crippen LogP contribution in [0.25, 0.3) is 5.57 Å². The van der Waals surface area contributed by atoms with Gasteiger partial charge in [0.2, 0.25) is 0 Å². The van der Waals surface area contributed by atoms with E-state index in [1.807, 2.05) is 0 Å². The molecule has 2 rings (SSSR count). The molecule has 4 nitrogen and oxygen atoms in total. The van der Waals surface area contributed by atoms with Crippen molar-refractivity contribution in [2.45, 2.75) is 25.7 Å². The molecule has 1 aliphatic carbocycles. The third-order valence-electron chi connectivity index (χ3n) is 2.57. The molecule has 15 heavy (non-hydrogen) atoms. The maximum atomic E-state index is 11.7. The monoisotopic (exact) mass is 223 g/mol. The van der Waals surface area contributed by atoms with E-state index in [0.717, 1.165) is 24.8 Å². The van der Waals surface area contributed by atoms with Gasteiger partial charge in [-0.05, 0) is 43.5 Å². The first kappa shape index (κ1) is 10.3. The first-order valence-corrected chi connectivity index (χ1v) is 5.46. The highest BCUT2D eigenvalue weighted by Gasteiger charge is 2.11. The highest BCUT2D eigenvalue weighted by atomic mass is 32.1. The van der Waals surface area contributed by atoms with Crippen LogP contribution in [-0.4, -0.2) is 14.8 Å². The number of aryl methyl sites for hydroxylation is 1. The summed E-state index contributed by atoms with van der Waals surface area (Å²) in [5.41, 5.74) is 1.39. The van der Waals surface area contributed by atoms with Crippen molar-refractivity contribution in [3.8, 4) is 0 Å². The quantitative estimate of drug-likeness (QED) is 0.738. The first-order valence-electron chi connectivity index (χ1n) is 5.05. The Morgan fingerprint density at radius 2 is 2.33 bits per heavy atom. The lowest BCUT2D eigenvalue weighted by atomic mass is 9.97. The number of aromatic nitrogens is 3. The van der Waals surface area contributed by atoms with Crippen molar-refractivity contribution in [2.75, 3.05) is 0 Å². The van der Waals surface area contributed by atoms with E-state index >= 15 is 0 Å². The molecule has 0 fully saturated rings. The first-order chi connectivity index (χ1) is 7.18. The lowest BCUT2D eigenvalue weighted by molar-refractivity contribution is 0.670. The number of H-pyrrole nitrogens is 1. The fourth-order valence-corrected chi connectivity index (χ4v) is 1.87. The van der Waals surface area contributed by atoms with Crippen molar-refractivity contribution < 1.29 is 0 Å². The van der Waals surface area contributed by atoms with Crippen LogP contribution in [0.3, 0.4) is 0 Å². The molecule has 0 atom stereocenters. The van der Waals surface area contributed by atoms with Crippen LogP contribution in [0.2, 0.25) is 0 Å². The maximum absolute atomic E-state index is 11.7. The van der Waals surface area contributed by atoms with Gasteiger partial charge in [-0.25, -0.2) is 4.68 Å². The van der Waals surface area contributed by atoms with Crippen molar-refractivity contribution in [1.82, 2.24) is 14.8 Å². The lowest BCUT2D eigenvalue weighted by Gasteiger charge is -2.11. The summed E-state index contributed by atoms with van der Waals surface area (Å²) < 4.78 is 1.89. The van der Waals surface area contributed by atoms with Crippen molar-refractivity contribution in [2.24, 2.45) is 7.05 Å². The molecule has 1 N–H and O–H groups in total. The molecule has 0 radical (unpaired) electrons. The standard InChI is InChI=1S/C10H13N3OS/c1-13-10(15)11-9(14)8(12-13)7-5-3-2-4-6-7/h5H,2-4,6H2,1H3,(H,11,14,15). The minimum atomic E-state index is -0.175. The van der Waals surface area contributed by atoms with Crippen LogP contribution in [0.4, 0.5) is 0 Å². The van der Waals surface area contributed by atoms with Gasteiger partial charge in [0.15, 0.2) is 10.5 Å². The van der Waals surface area contributed by atoms with E-state index in [9.17, 15) is 4.79 Å². The second-order valence-corrected chi connectivity index (χ2v) is 4.09. The van der Waals surface area contributed by atoms with Crippen molar-refractivity contribution in [1.29, 1.82) is 0 Å². The van der Waals surface area contributed by atoms with Gasteiger partial charge >= 0.3 is 0 Å². The Balaban J connectivity index is 2.53. The van der Waals surface area contributed by atoms with Gasteiger partial charge in [-0.1, -0.05) is 6.08 Å². The zero-order valence-electron chi connectivity index (χ0n) is 8.62. The fourth-order valence-electron chi connectivity index (χ4n) is 1.74. The number of hydrogen-bond acceptors (Lipinski definition) is 3. The van der Waals surface area contributed by atoms with Crippen LogP contribution in [0.15, 0.2) is 10.9 Å². The van der Waals surface area contributed by atoms with Gasteiger partial charge < -0.3 is 0 Å². The van der Waals surface area contributed by atoms with Gasteiger partial charge in [0.05, 0.1) is 0 Å². The van der Waals surface area contributed by atoms with Gasteiger partial charge in [0.1, 0.15) is 0 Å². The topological polar surface area (TPSA) is 50.7 Å². The van der Waals surface area contributed by atoms with Crippen LogP contribution in [0.1, 0.15) is 31.4 Å². The van der Waals surface area contributed by atoms with Gasteiger partial charge in [-0.15, -0.1) is 0 Å². The molecule has 1 aliphatic rings. The van der Waals surface area contributed by atoms with Gasteiger partial charge in [0.25, 0.3) is 5.56 Å². The van der Waals surface area contributed by atoms with Crippen LogP contribution in [0, 0.1) is 4.77 Å². The normalized spacial score (nSPS) is 16.2. The van der Waals surface area contributed by atoms with Crippen molar-refractivity contribution in [3.05, 3.63) is 26.9 Å². The van der Waals surface area contributed by atoms with E-state index in [4.69, 9.17) is 12.2 Å². The van der Waals surface area contributed by atoms with E-state index in [-0.39, 0.29) is 5.56 Å². The molecule has 0 bridgehead atoms. The van der Waals surface area contributed by atoms with Gasteiger partial charge in [-0.2, -0.15) is 5.10 Å². The summed E-state index contributed by atoms with van der Waals surface area (Å²) in [6, 6.07) is 0. The minimum Gasteiger partial charge on any atom is -0.296 e. The Morgan fingerprint density at radius 1 is 1.53 bits per heavy atom. The molecule has 0 spiro atoms. The molecule has 5 heteroatoms. The molecular formula is C10H13N3OS. The summed E-state index contributed by atoms with van der Waals surface area (Å²) in [6.45, 7) is 0. The highest BCUT2D eigenvalue weighted by Crippen LogP contribution is 2.22. The molecule has 1 aromatic rings. The highest BCUT2D eigenvalue weighted by molar-refractivity contribution is 7.71. The number of allylic oxidation sites excluding steroid dienone is 2. The summed E-state index contributed by atoms with van der Waals surface area (Å²) >= 11 is 4.93. The zero-order chi connectivity index (χ0) is 10.8. The molecule has 1 aromatic heterocycles. The minimum absolute atomic E-state index is 0.175. The predicted molar refractivity (Wildman–Crippen MR) is 61.1 cm³/mol. The van der Waals surface area contributed by atoms with Crippen molar-refractivity contribution >= 4 is 17.8 Å².